The van der Waals surface area contributed by atoms with Crippen molar-refractivity contribution >= 4 is 29.3 Å². The molecule has 2 unspecified atom stereocenters. The molecule has 1 saturated heterocycles. The van der Waals surface area contributed by atoms with Crippen LogP contribution >= 0.6 is 11.8 Å². The van der Waals surface area contributed by atoms with E-state index >= 15 is 0 Å². The lowest BCUT2D eigenvalue weighted by atomic mass is 10.1. The first-order valence-corrected chi connectivity index (χ1v) is 12.8. The van der Waals surface area contributed by atoms with E-state index in [-0.39, 0.29) is 17.0 Å². The van der Waals surface area contributed by atoms with Crippen molar-refractivity contribution in [2.24, 2.45) is 0 Å². The predicted octanol–water partition coefficient (Wildman–Crippen LogP) is 6.02. The molecule has 1 fully saturated rings. The lowest BCUT2D eigenvalue weighted by Crippen LogP contribution is -2.32. The van der Waals surface area contributed by atoms with Gasteiger partial charge in [-0.05, 0) is 54.8 Å². The van der Waals surface area contributed by atoms with E-state index in [1.54, 1.807) is 31.2 Å². The highest BCUT2D eigenvalue weighted by Gasteiger charge is 2.41. The van der Waals surface area contributed by atoms with E-state index in [1.165, 1.54) is 24.1 Å². The van der Waals surface area contributed by atoms with E-state index in [0.29, 0.717) is 17.0 Å². The number of anilines is 1. The normalized spacial score (nSPS) is 17.4. The third-order valence-corrected chi connectivity index (χ3v) is 7.42. The number of hydrogen-bond donors (Lipinski definition) is 1. The number of alkyl halides is 3. The first-order valence-electron chi connectivity index (χ1n) is 11.9. The highest BCUT2D eigenvalue weighted by atomic mass is 32.2. The largest absolute Gasteiger partial charge is 0.497 e. The zero-order chi connectivity index (χ0) is 28.2. The number of ether oxygens (including phenoxy) is 1. The van der Waals surface area contributed by atoms with Gasteiger partial charge in [0.2, 0.25) is 5.91 Å². The summed E-state index contributed by atoms with van der Waals surface area (Å²) >= 11 is 0.984. The molecule has 0 bridgehead atoms. The number of nitrogens with zero attached hydrogens (tertiary/aromatic N) is 2. The van der Waals surface area contributed by atoms with Gasteiger partial charge in [0.1, 0.15) is 22.4 Å². The summed E-state index contributed by atoms with van der Waals surface area (Å²) in [5.41, 5.74) is 0.459. The lowest BCUT2D eigenvalue weighted by molar-refractivity contribution is -0.137. The molecule has 39 heavy (non-hydrogen) atoms. The molecule has 0 aliphatic carbocycles. The van der Waals surface area contributed by atoms with Gasteiger partial charge in [-0.3, -0.25) is 14.5 Å². The summed E-state index contributed by atoms with van der Waals surface area (Å²) in [6.07, 6.45) is -4.55. The first-order chi connectivity index (χ1) is 18.6. The zero-order valence-electron chi connectivity index (χ0n) is 21.0. The molecule has 10 heteroatoms. The predicted molar refractivity (Wildman–Crippen MR) is 143 cm³/mol. The molecule has 3 aromatic carbocycles. The Hall–Kier alpha value is -4.23. The van der Waals surface area contributed by atoms with Crippen molar-refractivity contribution in [1.82, 2.24) is 5.32 Å². The Morgan fingerprint density at radius 2 is 1.79 bits per heavy atom. The summed E-state index contributed by atoms with van der Waals surface area (Å²) in [4.78, 5) is 28.2. The van der Waals surface area contributed by atoms with Crippen molar-refractivity contribution in [3.05, 3.63) is 106 Å². The van der Waals surface area contributed by atoms with Crippen LogP contribution in [0.5, 0.6) is 5.75 Å². The van der Waals surface area contributed by atoms with E-state index in [2.05, 4.69) is 5.32 Å². The van der Waals surface area contributed by atoms with Crippen LogP contribution in [-0.2, 0) is 22.2 Å². The zero-order valence-corrected chi connectivity index (χ0v) is 21.8. The molecule has 0 spiro atoms. The summed E-state index contributed by atoms with van der Waals surface area (Å²) < 4.78 is 45.0. The fourth-order valence-electron chi connectivity index (χ4n) is 4.14. The van der Waals surface area contributed by atoms with Crippen molar-refractivity contribution in [1.29, 1.82) is 5.26 Å². The number of methoxy groups -OCH3 is 1. The van der Waals surface area contributed by atoms with Crippen LogP contribution in [-0.4, -0.2) is 24.2 Å². The molecule has 2 atom stereocenters. The van der Waals surface area contributed by atoms with Gasteiger partial charge in [-0.1, -0.05) is 60.3 Å². The molecule has 6 nitrogen and oxygen atoms in total. The summed E-state index contributed by atoms with van der Waals surface area (Å²) in [5.74, 6) is -0.573. The minimum atomic E-state index is -4.52. The smallest absolute Gasteiger partial charge is 0.416 e. The molecular formula is C29H24F3N3O3S. The van der Waals surface area contributed by atoms with Gasteiger partial charge in [0.25, 0.3) is 5.91 Å². The topological polar surface area (TPSA) is 82.4 Å². The lowest BCUT2D eigenvalue weighted by Gasteiger charge is -2.20. The molecule has 0 aromatic heterocycles. The van der Waals surface area contributed by atoms with E-state index in [4.69, 9.17) is 4.74 Å². The number of benzene rings is 3. The molecule has 1 aliphatic heterocycles. The summed E-state index contributed by atoms with van der Waals surface area (Å²) in [6.45, 7) is 1.78. The van der Waals surface area contributed by atoms with Crippen LogP contribution in [0.3, 0.4) is 0 Å². The average Bonchev–Trinajstić information content (AvgIpc) is 3.24. The maximum absolute atomic E-state index is 13.6. The Balaban J connectivity index is 1.70. The van der Waals surface area contributed by atoms with Gasteiger partial charge in [0.15, 0.2) is 0 Å². The molecule has 3 aromatic rings. The van der Waals surface area contributed by atoms with Gasteiger partial charge in [0.05, 0.1) is 24.0 Å². The molecule has 0 radical (unpaired) electrons. The number of carbonyl (C=O) groups excluding carboxylic acids is 2. The van der Waals surface area contributed by atoms with Crippen molar-refractivity contribution in [3.63, 3.8) is 0 Å². The Morgan fingerprint density at radius 1 is 1.10 bits per heavy atom. The van der Waals surface area contributed by atoms with E-state index in [0.717, 1.165) is 29.5 Å². The molecule has 2 amide bonds. The number of hydrogen-bond acceptors (Lipinski definition) is 5. The van der Waals surface area contributed by atoms with Crippen molar-refractivity contribution in [3.8, 4) is 11.8 Å². The highest BCUT2D eigenvalue weighted by molar-refractivity contribution is 8.05. The Kier molecular flexibility index (Phi) is 8.31. The van der Waals surface area contributed by atoms with E-state index < -0.39 is 34.8 Å². The SMILES string of the molecule is COc1ccc(N2C(=O)C(Cc3cccc(C(F)(F)F)c3)S/C2=C(/C#N)C(=O)NC(C)c2ccccc2)cc1. The van der Waals surface area contributed by atoms with E-state index in [9.17, 15) is 28.0 Å². The van der Waals surface area contributed by atoms with Crippen molar-refractivity contribution in [2.45, 2.75) is 30.8 Å². The Labute approximate surface area is 228 Å². The van der Waals surface area contributed by atoms with Crippen LogP contribution < -0.4 is 15.0 Å². The molecule has 1 heterocycles. The second kappa shape index (κ2) is 11.7. The van der Waals surface area contributed by atoms with E-state index in [1.807, 2.05) is 36.4 Å². The number of rotatable bonds is 7. The van der Waals surface area contributed by atoms with Gasteiger partial charge in [-0.2, -0.15) is 18.4 Å². The molecule has 0 saturated carbocycles. The van der Waals surface area contributed by atoms with Gasteiger partial charge < -0.3 is 10.1 Å². The summed E-state index contributed by atoms with van der Waals surface area (Å²) in [7, 11) is 1.49. The Morgan fingerprint density at radius 3 is 2.41 bits per heavy atom. The number of nitrogens with one attached hydrogen (secondary N) is 1. The van der Waals surface area contributed by atoms with Crippen LogP contribution in [0.1, 0.15) is 29.7 Å². The second-order valence-corrected chi connectivity index (χ2v) is 9.97. The minimum Gasteiger partial charge on any atom is -0.497 e. The quantitative estimate of drug-likeness (QED) is 0.287. The maximum atomic E-state index is 13.6. The number of nitriles is 1. The summed E-state index contributed by atoms with van der Waals surface area (Å²) in [6, 6.07) is 22.0. The monoisotopic (exact) mass is 551 g/mol. The van der Waals surface area contributed by atoms with Gasteiger partial charge in [-0.15, -0.1) is 0 Å². The molecular weight excluding hydrogens is 527 g/mol. The van der Waals surface area contributed by atoms with Crippen LogP contribution in [0, 0.1) is 11.3 Å². The van der Waals surface area contributed by atoms with Gasteiger partial charge in [-0.25, -0.2) is 0 Å². The third kappa shape index (κ3) is 6.26. The van der Waals surface area contributed by atoms with Crippen LogP contribution in [0.4, 0.5) is 18.9 Å². The Bertz CT molecular complexity index is 1430. The number of carbonyl (C=O) groups is 2. The van der Waals surface area contributed by atoms with Gasteiger partial charge in [0, 0.05) is 5.69 Å². The fourth-order valence-corrected chi connectivity index (χ4v) is 5.44. The van der Waals surface area contributed by atoms with Gasteiger partial charge >= 0.3 is 6.18 Å². The van der Waals surface area contributed by atoms with Crippen LogP contribution in [0.15, 0.2) is 89.5 Å². The number of amides is 2. The standard InChI is InChI=1S/C29H24F3N3O3S/c1-18(20-8-4-3-5-9-20)34-26(36)24(17-33)28-35(22-11-13-23(38-2)14-12-22)27(37)25(39-28)16-19-7-6-10-21(15-19)29(30,31)32/h3-15,18,25H,16H2,1-2H3,(H,34,36)/b28-24-. The van der Waals surface area contributed by atoms with Crippen LogP contribution in [0.2, 0.25) is 0 Å². The molecule has 4 rings (SSSR count). The fraction of sp³-hybridized carbons (Fsp3) is 0.207. The molecule has 1 aliphatic rings. The maximum Gasteiger partial charge on any atom is 0.416 e. The summed E-state index contributed by atoms with van der Waals surface area (Å²) in [5, 5.41) is 12.1. The van der Waals surface area contributed by atoms with Crippen molar-refractivity contribution < 1.29 is 27.5 Å². The highest BCUT2D eigenvalue weighted by Crippen LogP contribution is 2.42. The van der Waals surface area contributed by atoms with Crippen molar-refractivity contribution in [2.75, 3.05) is 12.0 Å². The molecule has 200 valence electrons. The minimum absolute atomic E-state index is 0.0235. The number of halogens is 3. The number of thioether (sulfide) groups is 1. The van der Waals surface area contributed by atoms with Crippen LogP contribution in [0.25, 0.3) is 0 Å². The molecule has 1 N–H and O–H groups in total. The first kappa shape index (κ1) is 27.8. The third-order valence-electron chi connectivity index (χ3n) is 6.16. The average molecular weight is 552 g/mol. The second-order valence-electron chi connectivity index (χ2n) is 8.78.